The van der Waals surface area contributed by atoms with Crippen molar-refractivity contribution in [2.75, 3.05) is 15.8 Å². The summed E-state index contributed by atoms with van der Waals surface area (Å²) in [6, 6.07) is 12.2. The van der Waals surface area contributed by atoms with E-state index in [4.69, 9.17) is 0 Å². The minimum absolute atomic E-state index is 0.0311. The van der Waals surface area contributed by atoms with Gasteiger partial charge >= 0.3 is 0 Å². The molecule has 2 aromatic carbocycles. The molecule has 2 N–H and O–H groups in total. The summed E-state index contributed by atoms with van der Waals surface area (Å²) in [4.78, 5) is 24.4. The number of rotatable bonds is 8. The second kappa shape index (κ2) is 9.08. The molecule has 0 fully saturated rings. The van der Waals surface area contributed by atoms with E-state index < -0.39 is 10.0 Å². The zero-order valence-corrected chi connectivity index (χ0v) is 17.7. The number of benzene rings is 2. The van der Waals surface area contributed by atoms with Gasteiger partial charge < -0.3 is 5.32 Å². The lowest BCUT2D eigenvalue weighted by atomic mass is 10.1. The number of aryl methyl sites for hydroxylation is 1. The van der Waals surface area contributed by atoms with Gasteiger partial charge in [-0.25, -0.2) is 8.42 Å². The van der Waals surface area contributed by atoms with Gasteiger partial charge in [0.15, 0.2) is 0 Å². The van der Waals surface area contributed by atoms with Crippen LogP contribution in [0.1, 0.15) is 25.3 Å². The van der Waals surface area contributed by atoms with Gasteiger partial charge in [0, 0.05) is 17.5 Å². The van der Waals surface area contributed by atoms with Crippen molar-refractivity contribution in [3.8, 4) is 0 Å². The molecule has 8 nitrogen and oxygen atoms in total. The molecule has 0 saturated carbocycles. The summed E-state index contributed by atoms with van der Waals surface area (Å²) in [5, 5.41) is 7.50. The van der Waals surface area contributed by atoms with E-state index >= 15 is 0 Å². The maximum atomic E-state index is 12.5. The van der Waals surface area contributed by atoms with Crippen molar-refractivity contribution < 1.29 is 13.2 Å². The smallest absolute Gasteiger partial charge is 0.232 e. The Morgan fingerprint density at radius 2 is 1.83 bits per heavy atom. The third kappa shape index (κ3) is 5.04. The van der Waals surface area contributed by atoms with E-state index in [1.165, 1.54) is 6.20 Å². The number of carbonyl (C=O) groups excluding carboxylic acids is 1. The molecule has 0 aliphatic carbocycles. The van der Waals surface area contributed by atoms with Crippen molar-refractivity contribution in [3.05, 3.63) is 64.4 Å². The van der Waals surface area contributed by atoms with Crippen LogP contribution in [-0.4, -0.2) is 29.9 Å². The molecule has 0 unspecified atom stereocenters. The Morgan fingerprint density at radius 1 is 1.10 bits per heavy atom. The highest BCUT2D eigenvalue weighted by molar-refractivity contribution is 7.92. The third-order valence-electron chi connectivity index (χ3n) is 4.66. The van der Waals surface area contributed by atoms with Crippen molar-refractivity contribution in [3.63, 3.8) is 0 Å². The molecule has 0 atom stereocenters. The summed E-state index contributed by atoms with van der Waals surface area (Å²) in [6.45, 7) is 3.84. The lowest BCUT2D eigenvalue weighted by molar-refractivity contribution is -0.116. The van der Waals surface area contributed by atoms with Crippen LogP contribution in [0.15, 0.2) is 53.5 Å². The van der Waals surface area contributed by atoms with E-state index in [0.29, 0.717) is 40.8 Å². The normalized spacial score (nSPS) is 11.4. The first-order valence-corrected chi connectivity index (χ1v) is 11.3. The first-order chi connectivity index (χ1) is 14.3. The molecule has 9 heteroatoms. The summed E-state index contributed by atoms with van der Waals surface area (Å²) >= 11 is 0. The zero-order chi connectivity index (χ0) is 21.7. The molecule has 30 heavy (non-hydrogen) atoms. The Kier molecular flexibility index (Phi) is 6.51. The number of para-hydroxylation sites is 1. The molecular formula is C21H24N4O4S. The van der Waals surface area contributed by atoms with Gasteiger partial charge in [0.2, 0.25) is 21.4 Å². The number of carbonyl (C=O) groups is 1. The quantitative estimate of drug-likeness (QED) is 0.573. The second-order valence-electron chi connectivity index (χ2n) is 6.95. The number of nitrogens with one attached hydrogen (secondary N) is 2. The fraction of sp³-hybridized carbons (Fsp3) is 0.286. The summed E-state index contributed by atoms with van der Waals surface area (Å²) in [6.07, 6.45) is 1.90. The Morgan fingerprint density at radius 3 is 2.60 bits per heavy atom. The van der Waals surface area contributed by atoms with Gasteiger partial charge in [-0.2, -0.15) is 5.10 Å². The lowest BCUT2D eigenvalue weighted by Crippen LogP contribution is -2.19. The Hall–Kier alpha value is -3.20. The van der Waals surface area contributed by atoms with Gasteiger partial charge in [-0.05, 0) is 43.2 Å². The van der Waals surface area contributed by atoms with E-state index in [0.717, 1.165) is 0 Å². The average Bonchev–Trinajstić information content (AvgIpc) is 2.70. The standard InChI is InChI=1S/C21H24N4O4S/c1-3-13-30(28,29)24-18-9-6-8-17(15(18)2)23-21(27)11-12-25-19-10-5-4-7-16(19)20(26)14-22-25/h4-10,14,24H,3,11-13H2,1-2H3,(H,23,27). The molecule has 0 aliphatic heterocycles. The van der Waals surface area contributed by atoms with Gasteiger partial charge in [0.1, 0.15) is 0 Å². The maximum Gasteiger partial charge on any atom is 0.232 e. The second-order valence-corrected chi connectivity index (χ2v) is 8.79. The fourth-order valence-corrected chi connectivity index (χ4v) is 4.32. The number of fused-ring (bicyclic) bond motifs is 1. The molecular weight excluding hydrogens is 404 g/mol. The number of hydrogen-bond donors (Lipinski definition) is 2. The monoisotopic (exact) mass is 428 g/mol. The van der Waals surface area contributed by atoms with E-state index in [1.807, 2.05) is 6.07 Å². The van der Waals surface area contributed by atoms with E-state index in [1.54, 1.807) is 54.9 Å². The average molecular weight is 429 g/mol. The molecule has 0 saturated heterocycles. The van der Waals surface area contributed by atoms with Crippen LogP contribution in [0.3, 0.4) is 0 Å². The number of nitrogens with zero attached hydrogens (tertiary/aromatic N) is 2. The third-order valence-corrected chi connectivity index (χ3v) is 6.14. The highest BCUT2D eigenvalue weighted by Gasteiger charge is 2.14. The first-order valence-electron chi connectivity index (χ1n) is 9.65. The van der Waals surface area contributed by atoms with Crippen LogP contribution in [0.25, 0.3) is 10.9 Å². The van der Waals surface area contributed by atoms with Crippen molar-refractivity contribution in [1.29, 1.82) is 0 Å². The van der Waals surface area contributed by atoms with Crippen molar-refractivity contribution in [2.24, 2.45) is 0 Å². The van der Waals surface area contributed by atoms with Gasteiger partial charge in [-0.1, -0.05) is 25.1 Å². The highest BCUT2D eigenvalue weighted by Crippen LogP contribution is 2.24. The van der Waals surface area contributed by atoms with Gasteiger partial charge in [-0.15, -0.1) is 0 Å². The predicted molar refractivity (Wildman–Crippen MR) is 118 cm³/mol. The molecule has 1 amide bonds. The molecule has 0 radical (unpaired) electrons. The summed E-state index contributed by atoms with van der Waals surface area (Å²) in [5.41, 5.74) is 2.12. The molecule has 0 spiro atoms. The number of anilines is 2. The summed E-state index contributed by atoms with van der Waals surface area (Å²) < 4.78 is 28.3. The van der Waals surface area contributed by atoms with Gasteiger partial charge in [0.25, 0.3) is 0 Å². The van der Waals surface area contributed by atoms with Crippen LogP contribution in [0.4, 0.5) is 11.4 Å². The molecule has 3 aromatic rings. The first kappa shape index (κ1) is 21.5. The Bertz CT molecular complexity index is 1240. The largest absolute Gasteiger partial charge is 0.326 e. The molecule has 0 bridgehead atoms. The molecule has 3 rings (SSSR count). The number of sulfonamides is 1. The maximum absolute atomic E-state index is 12.5. The summed E-state index contributed by atoms with van der Waals surface area (Å²) in [7, 11) is -3.42. The van der Waals surface area contributed by atoms with Crippen molar-refractivity contribution in [1.82, 2.24) is 9.78 Å². The summed E-state index contributed by atoms with van der Waals surface area (Å²) in [5.74, 6) is -0.208. The minimum atomic E-state index is -3.42. The topological polar surface area (TPSA) is 110 Å². The van der Waals surface area contributed by atoms with E-state index in [2.05, 4.69) is 15.1 Å². The van der Waals surface area contributed by atoms with E-state index in [9.17, 15) is 18.0 Å². The van der Waals surface area contributed by atoms with E-state index in [-0.39, 0.29) is 23.5 Å². The molecule has 0 aliphatic rings. The van der Waals surface area contributed by atoms with Crippen molar-refractivity contribution in [2.45, 2.75) is 33.2 Å². The van der Waals surface area contributed by atoms with Crippen molar-refractivity contribution >= 4 is 38.2 Å². The lowest BCUT2D eigenvalue weighted by Gasteiger charge is -2.14. The zero-order valence-electron chi connectivity index (χ0n) is 16.9. The van der Waals surface area contributed by atoms with Crippen LogP contribution in [-0.2, 0) is 21.4 Å². The number of hydrogen-bond acceptors (Lipinski definition) is 5. The highest BCUT2D eigenvalue weighted by atomic mass is 32.2. The fourth-order valence-electron chi connectivity index (χ4n) is 3.13. The molecule has 158 valence electrons. The predicted octanol–water partition coefficient (Wildman–Crippen LogP) is 2.89. The van der Waals surface area contributed by atoms with Crippen LogP contribution in [0.5, 0.6) is 0 Å². The minimum Gasteiger partial charge on any atom is -0.326 e. The Labute approximate surface area is 175 Å². The molecule has 1 heterocycles. The van der Waals surface area contributed by atoms with Crippen LogP contribution >= 0.6 is 0 Å². The van der Waals surface area contributed by atoms with Gasteiger partial charge in [0.05, 0.1) is 29.7 Å². The Balaban J connectivity index is 1.71. The van der Waals surface area contributed by atoms with Crippen LogP contribution in [0, 0.1) is 6.92 Å². The number of aromatic nitrogens is 2. The van der Waals surface area contributed by atoms with Gasteiger partial charge in [-0.3, -0.25) is 19.0 Å². The van der Waals surface area contributed by atoms with Crippen LogP contribution in [0.2, 0.25) is 0 Å². The SMILES string of the molecule is CCCS(=O)(=O)Nc1cccc(NC(=O)CCn2ncc(=O)c3ccccc32)c1C. The number of amides is 1. The molecule has 1 aromatic heterocycles. The van der Waals surface area contributed by atoms with Crippen LogP contribution < -0.4 is 15.5 Å².